The van der Waals surface area contributed by atoms with Crippen molar-refractivity contribution in [3.8, 4) is 0 Å². The lowest BCUT2D eigenvalue weighted by atomic mass is 10.0. The highest BCUT2D eigenvalue weighted by molar-refractivity contribution is 5.77. The molecular formula is C14H21N3O. The number of carbonyl (C=O) groups excluding carboxylic acids is 1. The number of urea groups is 1. The molecule has 1 aliphatic heterocycles. The Morgan fingerprint density at radius 2 is 2.11 bits per heavy atom. The number of aryl methyl sites for hydroxylation is 1. The minimum Gasteiger partial charge on any atom is -0.329 e. The van der Waals surface area contributed by atoms with Gasteiger partial charge < -0.3 is 16.0 Å². The van der Waals surface area contributed by atoms with Crippen LogP contribution < -0.4 is 11.1 Å². The first kappa shape index (κ1) is 12.9. The lowest BCUT2D eigenvalue weighted by Gasteiger charge is -2.13. The summed E-state index contributed by atoms with van der Waals surface area (Å²) in [5, 5.41) is 2.99. The molecule has 0 aliphatic carbocycles. The summed E-state index contributed by atoms with van der Waals surface area (Å²) in [6, 6.07) is 8.61. The first-order chi connectivity index (χ1) is 8.74. The van der Waals surface area contributed by atoms with Crippen LogP contribution in [0.5, 0.6) is 0 Å². The molecule has 4 nitrogen and oxygen atoms in total. The fraction of sp³-hybridized carbons (Fsp3) is 0.500. The van der Waals surface area contributed by atoms with Crippen LogP contribution in [-0.4, -0.2) is 30.6 Å². The first-order valence-electron chi connectivity index (χ1n) is 6.59. The quantitative estimate of drug-likeness (QED) is 0.831. The number of nitrogens with two attached hydrogens (primary N) is 1. The monoisotopic (exact) mass is 247 g/mol. The van der Waals surface area contributed by atoms with Gasteiger partial charge in [-0.25, -0.2) is 4.79 Å². The van der Waals surface area contributed by atoms with E-state index in [1.165, 1.54) is 11.1 Å². The standard InChI is InChI=1S/C14H21N3O/c1-2-3-11-4-6-12(7-5-11)13-10-17(9-8-15)14(18)16-13/h4-7,13H,2-3,8-10,15H2,1H3,(H,16,18). The van der Waals surface area contributed by atoms with E-state index in [1.54, 1.807) is 4.90 Å². The minimum atomic E-state index is -0.0110. The molecule has 0 bridgehead atoms. The minimum absolute atomic E-state index is 0.0110. The van der Waals surface area contributed by atoms with Gasteiger partial charge in [-0.3, -0.25) is 0 Å². The second-order valence-corrected chi connectivity index (χ2v) is 4.73. The molecule has 1 fully saturated rings. The fourth-order valence-electron chi connectivity index (χ4n) is 2.33. The van der Waals surface area contributed by atoms with Crippen LogP contribution in [0.4, 0.5) is 4.79 Å². The van der Waals surface area contributed by atoms with Gasteiger partial charge in [0.1, 0.15) is 0 Å². The largest absolute Gasteiger partial charge is 0.329 e. The number of benzene rings is 1. The Labute approximate surface area is 108 Å². The third kappa shape index (κ3) is 2.82. The van der Waals surface area contributed by atoms with Gasteiger partial charge in [-0.05, 0) is 17.5 Å². The van der Waals surface area contributed by atoms with E-state index in [-0.39, 0.29) is 12.1 Å². The average Bonchev–Trinajstić information content (AvgIpc) is 2.73. The van der Waals surface area contributed by atoms with Crippen LogP contribution in [-0.2, 0) is 6.42 Å². The van der Waals surface area contributed by atoms with E-state index in [4.69, 9.17) is 5.73 Å². The molecule has 1 unspecified atom stereocenters. The van der Waals surface area contributed by atoms with Crippen molar-refractivity contribution in [2.75, 3.05) is 19.6 Å². The summed E-state index contributed by atoms with van der Waals surface area (Å²) in [4.78, 5) is 13.4. The van der Waals surface area contributed by atoms with Gasteiger partial charge in [-0.15, -0.1) is 0 Å². The molecule has 1 aromatic carbocycles. The van der Waals surface area contributed by atoms with Gasteiger partial charge in [0.15, 0.2) is 0 Å². The summed E-state index contributed by atoms with van der Waals surface area (Å²) in [6.07, 6.45) is 2.26. The molecule has 1 heterocycles. The van der Waals surface area contributed by atoms with Crippen molar-refractivity contribution in [3.63, 3.8) is 0 Å². The Kier molecular flexibility index (Phi) is 4.20. The number of hydrogen-bond donors (Lipinski definition) is 2. The molecule has 18 heavy (non-hydrogen) atoms. The van der Waals surface area contributed by atoms with E-state index in [2.05, 4.69) is 36.5 Å². The van der Waals surface area contributed by atoms with Gasteiger partial charge in [0.05, 0.1) is 6.04 Å². The molecule has 4 heteroatoms. The number of carbonyl (C=O) groups is 1. The molecule has 1 aliphatic rings. The van der Waals surface area contributed by atoms with Crippen LogP contribution in [0, 0.1) is 0 Å². The maximum atomic E-state index is 11.7. The zero-order valence-electron chi connectivity index (χ0n) is 10.9. The predicted octanol–water partition coefficient (Wildman–Crippen LogP) is 1.66. The fourth-order valence-corrected chi connectivity index (χ4v) is 2.33. The molecular weight excluding hydrogens is 226 g/mol. The van der Waals surface area contributed by atoms with Crippen molar-refractivity contribution in [1.29, 1.82) is 0 Å². The molecule has 98 valence electrons. The van der Waals surface area contributed by atoms with Crippen molar-refractivity contribution in [1.82, 2.24) is 10.2 Å². The maximum absolute atomic E-state index is 11.7. The smallest absolute Gasteiger partial charge is 0.318 e. The summed E-state index contributed by atoms with van der Waals surface area (Å²) >= 11 is 0. The van der Waals surface area contributed by atoms with Gasteiger partial charge in [-0.2, -0.15) is 0 Å². The normalized spacial score (nSPS) is 19.1. The van der Waals surface area contributed by atoms with Crippen molar-refractivity contribution < 1.29 is 4.79 Å². The number of nitrogens with zero attached hydrogens (tertiary/aromatic N) is 1. The van der Waals surface area contributed by atoms with E-state index in [0.717, 1.165) is 12.8 Å². The van der Waals surface area contributed by atoms with Gasteiger partial charge in [0.2, 0.25) is 0 Å². The Morgan fingerprint density at radius 1 is 1.39 bits per heavy atom. The SMILES string of the molecule is CCCc1ccc(C2CN(CCN)C(=O)N2)cc1. The van der Waals surface area contributed by atoms with E-state index in [1.807, 2.05) is 0 Å². The van der Waals surface area contributed by atoms with Crippen molar-refractivity contribution in [2.24, 2.45) is 5.73 Å². The molecule has 1 saturated heterocycles. The maximum Gasteiger partial charge on any atom is 0.318 e. The molecule has 2 rings (SSSR count). The van der Waals surface area contributed by atoms with E-state index in [9.17, 15) is 4.79 Å². The van der Waals surface area contributed by atoms with Crippen LogP contribution in [0.25, 0.3) is 0 Å². The Morgan fingerprint density at radius 3 is 2.72 bits per heavy atom. The van der Waals surface area contributed by atoms with Crippen LogP contribution >= 0.6 is 0 Å². The van der Waals surface area contributed by atoms with Crippen molar-refractivity contribution >= 4 is 6.03 Å². The predicted molar refractivity (Wildman–Crippen MR) is 72.3 cm³/mol. The Hall–Kier alpha value is -1.55. The Balaban J connectivity index is 2.02. The molecule has 0 spiro atoms. The van der Waals surface area contributed by atoms with E-state index < -0.39 is 0 Å². The third-order valence-electron chi connectivity index (χ3n) is 3.31. The highest BCUT2D eigenvalue weighted by atomic mass is 16.2. The van der Waals surface area contributed by atoms with Gasteiger partial charge in [0.25, 0.3) is 0 Å². The summed E-state index contributed by atoms with van der Waals surface area (Å²) in [7, 11) is 0. The third-order valence-corrected chi connectivity index (χ3v) is 3.31. The van der Waals surface area contributed by atoms with Crippen LogP contribution in [0.1, 0.15) is 30.5 Å². The molecule has 0 saturated carbocycles. The molecule has 0 aromatic heterocycles. The topological polar surface area (TPSA) is 58.4 Å². The molecule has 1 atom stereocenters. The number of nitrogens with one attached hydrogen (secondary N) is 1. The zero-order chi connectivity index (χ0) is 13.0. The summed E-state index contributed by atoms with van der Waals surface area (Å²) in [5.74, 6) is 0. The molecule has 3 N–H and O–H groups in total. The molecule has 1 aromatic rings. The highest BCUT2D eigenvalue weighted by Gasteiger charge is 2.28. The number of amides is 2. The van der Waals surface area contributed by atoms with Crippen LogP contribution in [0.15, 0.2) is 24.3 Å². The second-order valence-electron chi connectivity index (χ2n) is 4.73. The first-order valence-corrected chi connectivity index (χ1v) is 6.59. The Bertz CT molecular complexity index is 402. The van der Waals surface area contributed by atoms with E-state index >= 15 is 0 Å². The lowest BCUT2D eigenvalue weighted by molar-refractivity contribution is 0.218. The average molecular weight is 247 g/mol. The van der Waals surface area contributed by atoms with Crippen molar-refractivity contribution in [2.45, 2.75) is 25.8 Å². The summed E-state index contributed by atoms with van der Waals surface area (Å²) in [5.41, 5.74) is 8.01. The summed E-state index contributed by atoms with van der Waals surface area (Å²) < 4.78 is 0. The van der Waals surface area contributed by atoms with E-state index in [0.29, 0.717) is 19.6 Å². The summed E-state index contributed by atoms with van der Waals surface area (Å²) in [6.45, 7) is 4.02. The van der Waals surface area contributed by atoms with Gasteiger partial charge in [-0.1, -0.05) is 37.6 Å². The van der Waals surface area contributed by atoms with Crippen LogP contribution in [0.2, 0.25) is 0 Å². The number of hydrogen-bond acceptors (Lipinski definition) is 2. The molecule has 2 amide bonds. The number of rotatable bonds is 5. The van der Waals surface area contributed by atoms with Gasteiger partial charge in [0, 0.05) is 19.6 Å². The highest BCUT2D eigenvalue weighted by Crippen LogP contribution is 2.20. The second kappa shape index (κ2) is 5.87. The van der Waals surface area contributed by atoms with Crippen LogP contribution in [0.3, 0.4) is 0 Å². The molecule has 0 radical (unpaired) electrons. The van der Waals surface area contributed by atoms with Gasteiger partial charge >= 0.3 is 6.03 Å². The lowest BCUT2D eigenvalue weighted by Crippen LogP contribution is -2.32. The zero-order valence-corrected chi connectivity index (χ0v) is 10.9. The van der Waals surface area contributed by atoms with Crippen molar-refractivity contribution in [3.05, 3.63) is 35.4 Å².